The van der Waals surface area contributed by atoms with Gasteiger partial charge in [-0.05, 0) is 24.5 Å². The third-order valence-corrected chi connectivity index (χ3v) is 8.30. The number of carbonyl (C=O) groups is 3. The number of nitrogens with one attached hydrogen (secondary N) is 1. The lowest BCUT2D eigenvalue weighted by Gasteiger charge is -2.29. The molecule has 0 aliphatic carbocycles. The highest BCUT2D eigenvalue weighted by atomic mass is 32.2. The van der Waals surface area contributed by atoms with Gasteiger partial charge < -0.3 is 10.2 Å². The minimum absolute atomic E-state index is 0.0435. The highest BCUT2D eigenvalue weighted by molar-refractivity contribution is 7.91. The van der Waals surface area contributed by atoms with E-state index < -0.39 is 45.8 Å². The van der Waals surface area contributed by atoms with Crippen molar-refractivity contribution in [3.63, 3.8) is 0 Å². The zero-order valence-corrected chi connectivity index (χ0v) is 20.0. The van der Waals surface area contributed by atoms with E-state index in [2.05, 4.69) is 5.32 Å². The molecule has 0 bridgehead atoms. The van der Waals surface area contributed by atoms with Crippen molar-refractivity contribution in [3.8, 4) is 0 Å². The molecule has 2 saturated heterocycles. The van der Waals surface area contributed by atoms with Gasteiger partial charge in [-0.3, -0.25) is 14.5 Å². The van der Waals surface area contributed by atoms with Crippen LogP contribution in [0.3, 0.4) is 0 Å². The van der Waals surface area contributed by atoms with E-state index in [1.165, 1.54) is 4.90 Å². The van der Waals surface area contributed by atoms with E-state index >= 15 is 0 Å². The van der Waals surface area contributed by atoms with Gasteiger partial charge in [-0.1, -0.05) is 60.7 Å². The summed E-state index contributed by atoms with van der Waals surface area (Å²) >= 11 is 0. The number of hydrogen-bond donors (Lipinski definition) is 1. The van der Waals surface area contributed by atoms with Crippen molar-refractivity contribution in [2.24, 2.45) is 0 Å². The molecule has 0 aromatic heterocycles. The van der Waals surface area contributed by atoms with E-state index in [0.717, 1.165) is 16.0 Å². The van der Waals surface area contributed by atoms with Crippen LogP contribution in [0.5, 0.6) is 0 Å². The van der Waals surface area contributed by atoms with Crippen LogP contribution in [0.1, 0.15) is 24.5 Å². The number of urea groups is 1. The van der Waals surface area contributed by atoms with Gasteiger partial charge in [0.1, 0.15) is 12.1 Å². The molecule has 2 aliphatic rings. The molecule has 2 fully saturated rings. The molecule has 9 heteroatoms. The van der Waals surface area contributed by atoms with Crippen LogP contribution in [0.25, 0.3) is 0 Å². The number of imide groups is 1. The maximum Gasteiger partial charge on any atom is 0.325 e. The minimum Gasteiger partial charge on any atom is -0.337 e. The molecular weight excluding hydrogens is 454 g/mol. The van der Waals surface area contributed by atoms with Crippen molar-refractivity contribution in [3.05, 3.63) is 71.8 Å². The number of benzene rings is 2. The Hall–Kier alpha value is -3.20. The van der Waals surface area contributed by atoms with Crippen molar-refractivity contribution < 1.29 is 22.8 Å². The molecule has 1 atom stereocenters. The molecule has 8 nitrogen and oxygen atoms in total. The topological polar surface area (TPSA) is 104 Å². The van der Waals surface area contributed by atoms with Gasteiger partial charge in [0.15, 0.2) is 9.84 Å². The van der Waals surface area contributed by atoms with E-state index in [1.54, 1.807) is 6.92 Å². The van der Waals surface area contributed by atoms with E-state index in [-0.39, 0.29) is 24.3 Å². The first-order valence-electron chi connectivity index (χ1n) is 11.4. The second kappa shape index (κ2) is 9.58. The predicted molar refractivity (Wildman–Crippen MR) is 128 cm³/mol. The lowest BCUT2D eigenvalue weighted by atomic mass is 9.84. The summed E-state index contributed by atoms with van der Waals surface area (Å²) in [5, 5.41) is 2.88. The molecule has 4 rings (SSSR count). The Balaban J connectivity index is 1.57. The Morgan fingerprint density at radius 1 is 1.03 bits per heavy atom. The number of hydrogen-bond acceptors (Lipinski definition) is 5. The number of rotatable bonds is 8. The number of amides is 4. The quantitative estimate of drug-likeness (QED) is 0.577. The molecular formula is C25H29N3O5S. The van der Waals surface area contributed by atoms with Crippen molar-refractivity contribution in [2.45, 2.75) is 37.8 Å². The third kappa shape index (κ3) is 4.99. The Morgan fingerprint density at radius 2 is 1.59 bits per heavy atom. The fraction of sp³-hybridized carbons (Fsp3) is 0.400. The summed E-state index contributed by atoms with van der Waals surface area (Å²) in [7, 11) is -3.17. The Bertz CT molecular complexity index is 1130. The third-order valence-electron chi connectivity index (χ3n) is 6.55. The molecule has 4 amide bonds. The van der Waals surface area contributed by atoms with Gasteiger partial charge in [0, 0.05) is 25.4 Å². The maximum absolute atomic E-state index is 13.7. The summed E-state index contributed by atoms with van der Waals surface area (Å²) in [5.74, 6) is -0.919. The van der Waals surface area contributed by atoms with Gasteiger partial charge in [-0.2, -0.15) is 0 Å². The lowest BCUT2D eigenvalue weighted by Crippen LogP contribution is -2.52. The monoisotopic (exact) mass is 483 g/mol. The fourth-order valence-electron chi connectivity index (χ4n) is 4.90. The standard InChI is InChI=1S/C25H29N3O5S/c1-2-27(21-13-14-34(32,33)18-21)22(29)17-28-23(30)25(26-24(28)31,15-19-9-5-3-6-10-19)16-20-11-7-4-8-12-20/h3-12,21H,2,13-18H2,1H3,(H,26,31). The van der Waals surface area contributed by atoms with E-state index in [1.807, 2.05) is 60.7 Å². The summed E-state index contributed by atoms with van der Waals surface area (Å²) in [4.78, 5) is 42.2. The van der Waals surface area contributed by atoms with E-state index in [4.69, 9.17) is 0 Å². The first kappa shape index (κ1) is 23.9. The summed E-state index contributed by atoms with van der Waals surface area (Å²) < 4.78 is 23.8. The summed E-state index contributed by atoms with van der Waals surface area (Å²) in [5.41, 5.74) is 0.576. The second-order valence-corrected chi connectivity index (χ2v) is 11.2. The number of carbonyl (C=O) groups excluding carboxylic acids is 3. The average Bonchev–Trinajstić information content (AvgIpc) is 3.27. The SMILES string of the molecule is CCN(C(=O)CN1C(=O)NC(Cc2ccccc2)(Cc2ccccc2)C1=O)C1CCS(=O)(=O)C1. The van der Waals surface area contributed by atoms with Crippen LogP contribution < -0.4 is 5.32 Å². The van der Waals surface area contributed by atoms with Crippen LogP contribution in [0.15, 0.2) is 60.7 Å². The summed E-state index contributed by atoms with van der Waals surface area (Å²) in [6.45, 7) is 1.66. The van der Waals surface area contributed by atoms with E-state index in [0.29, 0.717) is 13.0 Å². The van der Waals surface area contributed by atoms with Crippen LogP contribution in [0.4, 0.5) is 4.79 Å². The fourth-order valence-corrected chi connectivity index (χ4v) is 6.63. The highest BCUT2D eigenvalue weighted by Gasteiger charge is 2.52. The van der Waals surface area contributed by atoms with Gasteiger partial charge in [-0.25, -0.2) is 13.2 Å². The molecule has 0 radical (unpaired) electrons. The number of likely N-dealkylation sites (N-methyl/N-ethyl adjacent to an activating group) is 1. The van der Waals surface area contributed by atoms with Crippen LogP contribution in [-0.4, -0.2) is 72.2 Å². The van der Waals surface area contributed by atoms with Gasteiger partial charge in [0.05, 0.1) is 11.5 Å². The normalized spacial score (nSPS) is 20.9. The molecule has 180 valence electrons. The van der Waals surface area contributed by atoms with Gasteiger partial charge in [0.2, 0.25) is 5.91 Å². The Kier molecular flexibility index (Phi) is 6.74. The molecule has 0 saturated carbocycles. The number of sulfone groups is 1. The molecule has 0 spiro atoms. The molecule has 1 N–H and O–H groups in total. The van der Waals surface area contributed by atoms with Crippen LogP contribution in [0.2, 0.25) is 0 Å². The first-order valence-corrected chi connectivity index (χ1v) is 13.3. The average molecular weight is 484 g/mol. The molecule has 2 aromatic carbocycles. The second-order valence-electron chi connectivity index (χ2n) is 8.96. The zero-order chi connectivity index (χ0) is 24.3. The van der Waals surface area contributed by atoms with Gasteiger partial charge >= 0.3 is 6.03 Å². The van der Waals surface area contributed by atoms with Crippen LogP contribution >= 0.6 is 0 Å². The largest absolute Gasteiger partial charge is 0.337 e. The van der Waals surface area contributed by atoms with Crippen LogP contribution in [0, 0.1) is 0 Å². The smallest absolute Gasteiger partial charge is 0.325 e. The van der Waals surface area contributed by atoms with Crippen LogP contribution in [-0.2, 0) is 32.3 Å². The first-order chi connectivity index (χ1) is 16.2. The molecule has 2 aromatic rings. The van der Waals surface area contributed by atoms with Gasteiger partial charge in [0.25, 0.3) is 5.91 Å². The van der Waals surface area contributed by atoms with Crippen molar-refractivity contribution >= 4 is 27.7 Å². The molecule has 2 heterocycles. The predicted octanol–water partition coefficient (Wildman–Crippen LogP) is 1.80. The summed E-state index contributed by atoms with van der Waals surface area (Å²) in [6, 6.07) is 17.8. The van der Waals surface area contributed by atoms with Crippen molar-refractivity contribution in [2.75, 3.05) is 24.6 Å². The molecule has 34 heavy (non-hydrogen) atoms. The maximum atomic E-state index is 13.7. The zero-order valence-electron chi connectivity index (χ0n) is 19.1. The highest BCUT2D eigenvalue weighted by Crippen LogP contribution is 2.28. The lowest BCUT2D eigenvalue weighted by molar-refractivity contribution is -0.140. The number of nitrogens with zero attached hydrogens (tertiary/aromatic N) is 2. The van der Waals surface area contributed by atoms with Gasteiger partial charge in [-0.15, -0.1) is 0 Å². The van der Waals surface area contributed by atoms with Crippen molar-refractivity contribution in [1.82, 2.24) is 15.1 Å². The Morgan fingerprint density at radius 3 is 2.06 bits per heavy atom. The summed E-state index contributed by atoms with van der Waals surface area (Å²) in [6.07, 6.45) is 0.945. The molecule has 1 unspecified atom stereocenters. The molecule has 2 aliphatic heterocycles. The Labute approximate surface area is 199 Å². The van der Waals surface area contributed by atoms with Crippen molar-refractivity contribution in [1.29, 1.82) is 0 Å². The van der Waals surface area contributed by atoms with E-state index in [9.17, 15) is 22.8 Å². The minimum atomic E-state index is -3.17.